The highest BCUT2D eigenvalue weighted by Crippen LogP contribution is 2.46. The Kier molecular flexibility index (Phi) is 5.89. The fraction of sp³-hybridized carbons (Fsp3) is 0.690. The van der Waals surface area contributed by atoms with Crippen LogP contribution in [-0.4, -0.2) is 37.7 Å². The van der Waals surface area contributed by atoms with Crippen molar-refractivity contribution < 1.29 is 28.6 Å². The van der Waals surface area contributed by atoms with Crippen LogP contribution in [0.1, 0.15) is 45.4 Å². The summed E-state index contributed by atoms with van der Waals surface area (Å²) in [6.45, 7) is 2.08. The van der Waals surface area contributed by atoms with E-state index in [4.69, 9.17) is 14.2 Å². The van der Waals surface area contributed by atoms with Crippen LogP contribution >= 0.6 is 0 Å². The van der Waals surface area contributed by atoms with Gasteiger partial charge in [-0.3, -0.25) is 14.4 Å². The van der Waals surface area contributed by atoms with E-state index in [0.29, 0.717) is 17.8 Å². The van der Waals surface area contributed by atoms with Crippen LogP contribution < -0.4 is 0 Å². The lowest BCUT2D eigenvalue weighted by atomic mass is 9.91. The molecule has 0 aliphatic heterocycles. The normalized spacial score (nSPS) is 40.9. The van der Waals surface area contributed by atoms with E-state index >= 15 is 0 Å². The van der Waals surface area contributed by atoms with Crippen molar-refractivity contribution >= 4 is 17.9 Å². The Morgan fingerprint density at radius 1 is 0.571 bits per heavy atom. The highest BCUT2D eigenvalue weighted by molar-refractivity contribution is 5.75. The van der Waals surface area contributed by atoms with Gasteiger partial charge in [0, 0.05) is 0 Å². The van der Waals surface area contributed by atoms with Crippen molar-refractivity contribution in [1.82, 2.24) is 0 Å². The summed E-state index contributed by atoms with van der Waals surface area (Å²) in [6, 6.07) is 0. The van der Waals surface area contributed by atoms with Gasteiger partial charge in [0.15, 0.2) is 0 Å². The Labute approximate surface area is 207 Å². The molecule has 6 rings (SSSR count). The first-order valence-corrected chi connectivity index (χ1v) is 13.4. The van der Waals surface area contributed by atoms with Gasteiger partial charge in [-0.1, -0.05) is 36.5 Å². The first-order valence-electron chi connectivity index (χ1n) is 13.4. The van der Waals surface area contributed by atoms with Crippen molar-refractivity contribution in [2.75, 3.05) is 19.8 Å². The Balaban J connectivity index is 1.07. The average Bonchev–Trinajstić information content (AvgIpc) is 3.71. The monoisotopic (exact) mass is 480 g/mol. The van der Waals surface area contributed by atoms with Crippen LogP contribution in [0.2, 0.25) is 0 Å². The SMILES string of the molecule is CC(COC(=O)C1CC2C=CC1C2)(COC(=O)C1CC2C=CC1C2)COC(=O)C1CC2C=CC1C2. The quantitative estimate of drug-likeness (QED) is 0.279. The number of rotatable bonds is 9. The van der Waals surface area contributed by atoms with Crippen LogP contribution in [0.15, 0.2) is 36.5 Å². The number of ether oxygens (including phenoxy) is 3. The largest absolute Gasteiger partial charge is 0.465 e. The molecule has 0 heterocycles. The molecule has 3 saturated carbocycles. The van der Waals surface area contributed by atoms with E-state index in [1.165, 1.54) is 0 Å². The first kappa shape index (κ1) is 23.1. The number of fused-ring (bicyclic) bond motifs is 6. The Bertz CT molecular complexity index is 856. The molecule has 6 bridgehead atoms. The molecule has 6 aliphatic carbocycles. The van der Waals surface area contributed by atoms with Gasteiger partial charge in [-0.25, -0.2) is 0 Å². The minimum absolute atomic E-state index is 0.0667. The number of hydrogen-bond donors (Lipinski definition) is 0. The molecule has 0 radical (unpaired) electrons. The zero-order valence-electron chi connectivity index (χ0n) is 20.5. The summed E-state index contributed by atoms with van der Waals surface area (Å²) in [7, 11) is 0. The van der Waals surface area contributed by atoms with Gasteiger partial charge in [-0.15, -0.1) is 0 Å². The second kappa shape index (κ2) is 8.94. The third-order valence-corrected chi connectivity index (χ3v) is 9.43. The highest BCUT2D eigenvalue weighted by atomic mass is 16.6. The van der Waals surface area contributed by atoms with Gasteiger partial charge in [-0.05, 0) is 81.0 Å². The van der Waals surface area contributed by atoms with E-state index in [9.17, 15) is 14.4 Å². The predicted octanol–water partition coefficient (Wildman–Crippen LogP) is 4.26. The molecule has 0 saturated heterocycles. The molecule has 0 aromatic heterocycles. The molecule has 3 fully saturated rings. The maximum absolute atomic E-state index is 12.9. The van der Waals surface area contributed by atoms with E-state index in [1.54, 1.807) is 0 Å². The summed E-state index contributed by atoms with van der Waals surface area (Å²) in [5.74, 6) is 1.39. The number of hydrogen-bond acceptors (Lipinski definition) is 6. The first-order chi connectivity index (χ1) is 16.9. The summed E-state index contributed by atoms with van der Waals surface area (Å²) >= 11 is 0. The average molecular weight is 481 g/mol. The molecule has 0 aromatic carbocycles. The summed E-state index contributed by atoms with van der Waals surface area (Å²) in [5.41, 5.74) is -0.782. The van der Waals surface area contributed by atoms with Crippen molar-refractivity contribution in [2.24, 2.45) is 58.7 Å². The van der Waals surface area contributed by atoms with Gasteiger partial charge in [-0.2, -0.15) is 0 Å². The second-order valence-electron chi connectivity index (χ2n) is 12.3. The third-order valence-electron chi connectivity index (χ3n) is 9.43. The van der Waals surface area contributed by atoms with Crippen molar-refractivity contribution in [2.45, 2.75) is 45.4 Å². The van der Waals surface area contributed by atoms with Gasteiger partial charge in [0.2, 0.25) is 0 Å². The van der Waals surface area contributed by atoms with Crippen LogP contribution in [0.4, 0.5) is 0 Å². The van der Waals surface area contributed by atoms with Gasteiger partial charge in [0.05, 0.1) is 23.2 Å². The molecular weight excluding hydrogens is 444 g/mol. The molecule has 6 aliphatic rings. The van der Waals surface area contributed by atoms with Crippen LogP contribution in [0, 0.1) is 58.7 Å². The highest BCUT2D eigenvalue weighted by Gasteiger charge is 2.45. The molecule has 9 unspecified atom stereocenters. The van der Waals surface area contributed by atoms with E-state index < -0.39 is 5.41 Å². The summed E-state index contributed by atoms with van der Waals surface area (Å²) in [4.78, 5) is 38.6. The van der Waals surface area contributed by atoms with E-state index in [1.807, 2.05) is 6.92 Å². The molecule has 6 heteroatoms. The van der Waals surface area contributed by atoms with Crippen LogP contribution in [0.25, 0.3) is 0 Å². The molecule has 6 nitrogen and oxygen atoms in total. The van der Waals surface area contributed by atoms with Crippen LogP contribution in [-0.2, 0) is 28.6 Å². The lowest BCUT2D eigenvalue weighted by Gasteiger charge is -2.30. The Morgan fingerprint density at radius 3 is 1.11 bits per heavy atom. The van der Waals surface area contributed by atoms with Gasteiger partial charge in [0.25, 0.3) is 0 Å². The van der Waals surface area contributed by atoms with Crippen LogP contribution in [0.3, 0.4) is 0 Å². The molecular formula is C29H36O6. The van der Waals surface area contributed by atoms with Crippen molar-refractivity contribution in [3.63, 3.8) is 0 Å². The zero-order chi connectivity index (χ0) is 24.2. The fourth-order valence-corrected chi connectivity index (χ4v) is 7.34. The van der Waals surface area contributed by atoms with Crippen molar-refractivity contribution in [3.05, 3.63) is 36.5 Å². The number of carbonyl (C=O) groups excluding carboxylic acids is 3. The number of esters is 3. The summed E-state index contributed by atoms with van der Waals surface area (Å²) in [5, 5.41) is 0. The van der Waals surface area contributed by atoms with Crippen molar-refractivity contribution in [1.29, 1.82) is 0 Å². The number of carbonyl (C=O) groups is 3. The minimum Gasteiger partial charge on any atom is -0.465 e. The second-order valence-corrected chi connectivity index (χ2v) is 12.3. The molecule has 0 aromatic rings. The Morgan fingerprint density at radius 2 is 0.886 bits per heavy atom. The van der Waals surface area contributed by atoms with Gasteiger partial charge < -0.3 is 14.2 Å². The van der Waals surface area contributed by atoms with E-state index in [-0.39, 0.29) is 73.2 Å². The zero-order valence-corrected chi connectivity index (χ0v) is 20.5. The summed E-state index contributed by atoms with van der Waals surface area (Å²) in [6.07, 6.45) is 18.6. The maximum atomic E-state index is 12.9. The molecule has 0 N–H and O–H groups in total. The topological polar surface area (TPSA) is 78.9 Å². The number of allylic oxidation sites excluding steroid dienone is 6. The molecule has 0 amide bonds. The molecule has 35 heavy (non-hydrogen) atoms. The fourth-order valence-electron chi connectivity index (χ4n) is 7.34. The van der Waals surface area contributed by atoms with Crippen LogP contribution in [0.5, 0.6) is 0 Å². The molecule has 0 spiro atoms. The standard InChI is InChI=1S/C29H36O6/c1-29(14-33-26(30)23-11-17-2-5-20(23)8-17,15-34-27(31)24-12-18-3-6-21(24)9-18)16-35-28(32)25-13-19-4-7-22(25)10-19/h2-7,17-25H,8-16H2,1H3. The predicted molar refractivity (Wildman–Crippen MR) is 128 cm³/mol. The molecule has 9 atom stereocenters. The van der Waals surface area contributed by atoms with Gasteiger partial charge in [0.1, 0.15) is 19.8 Å². The maximum Gasteiger partial charge on any atom is 0.309 e. The lowest BCUT2D eigenvalue weighted by Crippen LogP contribution is -2.39. The van der Waals surface area contributed by atoms with E-state index in [2.05, 4.69) is 36.5 Å². The lowest BCUT2D eigenvalue weighted by molar-refractivity contribution is -0.166. The van der Waals surface area contributed by atoms with E-state index in [0.717, 1.165) is 38.5 Å². The molecule has 188 valence electrons. The smallest absolute Gasteiger partial charge is 0.309 e. The van der Waals surface area contributed by atoms with Gasteiger partial charge >= 0.3 is 17.9 Å². The minimum atomic E-state index is -0.782. The Hall–Kier alpha value is -2.37. The summed E-state index contributed by atoms with van der Waals surface area (Å²) < 4.78 is 17.3. The van der Waals surface area contributed by atoms with Crippen molar-refractivity contribution in [3.8, 4) is 0 Å². The third kappa shape index (κ3) is 4.49.